The van der Waals surface area contributed by atoms with Gasteiger partial charge in [0.2, 0.25) is 5.88 Å². The Morgan fingerprint density at radius 2 is 2.07 bits per heavy atom. The van der Waals surface area contributed by atoms with Gasteiger partial charge in [-0.25, -0.2) is 4.98 Å². The second-order valence-corrected chi connectivity index (χ2v) is 5.98. The number of hydrogen-bond donors (Lipinski definition) is 1. The largest absolute Gasteiger partial charge is 0.437 e. The highest BCUT2D eigenvalue weighted by Crippen LogP contribution is 2.35. The third kappa shape index (κ3) is 4.25. The molecular weight excluding hydrogens is 397 g/mol. The van der Waals surface area contributed by atoms with E-state index in [9.17, 15) is 13.2 Å². The van der Waals surface area contributed by atoms with Crippen LogP contribution in [0.3, 0.4) is 0 Å². The molecule has 0 aliphatic heterocycles. The standard InChI is InChI=1S/C18H14ClF3N4O2/c1-3-13-16(23-2)17(26-28-13)25-11-5-6-14(12(19)8-11)27-15-7-4-10(9-24-15)18(20,21)22/h4-9H,2-3H2,1H3,(H,25,26). The first kappa shape index (κ1) is 19.7. The SMILES string of the molecule is C=Nc1c(Nc2ccc(Oc3ccc(C(F)(F)F)cn3)c(Cl)c2)noc1CC. The number of alkyl halides is 3. The van der Waals surface area contributed by atoms with Gasteiger partial charge in [0.05, 0.1) is 10.6 Å². The molecule has 3 rings (SSSR count). The first-order chi connectivity index (χ1) is 13.3. The normalized spacial score (nSPS) is 11.3. The van der Waals surface area contributed by atoms with Crippen molar-refractivity contribution in [2.75, 3.05) is 5.32 Å². The summed E-state index contributed by atoms with van der Waals surface area (Å²) in [5.74, 6) is 1.20. The van der Waals surface area contributed by atoms with Gasteiger partial charge in [0.1, 0.15) is 11.4 Å². The topological polar surface area (TPSA) is 72.5 Å². The molecule has 2 heterocycles. The lowest BCUT2D eigenvalue weighted by Gasteiger charge is -2.10. The van der Waals surface area contributed by atoms with Crippen molar-refractivity contribution >= 4 is 35.5 Å². The molecule has 0 radical (unpaired) electrons. The average Bonchev–Trinajstić information content (AvgIpc) is 3.05. The van der Waals surface area contributed by atoms with Crippen LogP contribution in [0.2, 0.25) is 5.02 Å². The van der Waals surface area contributed by atoms with Gasteiger partial charge in [-0.1, -0.05) is 23.7 Å². The van der Waals surface area contributed by atoms with Gasteiger partial charge in [-0.3, -0.25) is 4.99 Å². The lowest BCUT2D eigenvalue weighted by atomic mass is 10.2. The monoisotopic (exact) mass is 410 g/mol. The molecule has 1 N–H and O–H groups in total. The number of hydrogen-bond acceptors (Lipinski definition) is 6. The zero-order valence-corrected chi connectivity index (χ0v) is 15.3. The number of pyridine rings is 1. The molecule has 0 saturated heterocycles. The van der Waals surface area contributed by atoms with Gasteiger partial charge in [-0.2, -0.15) is 13.2 Å². The number of ether oxygens (including phenoxy) is 1. The quantitative estimate of drug-likeness (QED) is 0.492. The number of halogens is 4. The van der Waals surface area contributed by atoms with Crippen molar-refractivity contribution in [3.8, 4) is 11.6 Å². The highest BCUT2D eigenvalue weighted by atomic mass is 35.5. The number of benzene rings is 1. The van der Waals surface area contributed by atoms with Gasteiger partial charge in [0.25, 0.3) is 0 Å². The molecule has 0 atom stereocenters. The van der Waals surface area contributed by atoms with Crippen LogP contribution in [0, 0.1) is 0 Å². The fourth-order valence-corrected chi connectivity index (χ4v) is 2.53. The first-order valence-corrected chi connectivity index (χ1v) is 8.42. The predicted molar refractivity (Wildman–Crippen MR) is 99.1 cm³/mol. The minimum absolute atomic E-state index is 0.0159. The van der Waals surface area contributed by atoms with Crippen LogP contribution < -0.4 is 10.1 Å². The predicted octanol–water partition coefficient (Wildman–Crippen LogP) is 6.17. The Balaban J connectivity index is 1.76. The van der Waals surface area contributed by atoms with Gasteiger partial charge >= 0.3 is 6.18 Å². The fraction of sp³-hybridized carbons (Fsp3) is 0.167. The Morgan fingerprint density at radius 3 is 2.64 bits per heavy atom. The van der Waals surface area contributed by atoms with E-state index >= 15 is 0 Å². The Morgan fingerprint density at radius 1 is 1.29 bits per heavy atom. The van der Waals surface area contributed by atoms with Gasteiger partial charge < -0.3 is 14.6 Å². The van der Waals surface area contributed by atoms with Crippen LogP contribution in [0.25, 0.3) is 0 Å². The van der Waals surface area contributed by atoms with Crippen molar-refractivity contribution < 1.29 is 22.4 Å². The molecule has 28 heavy (non-hydrogen) atoms. The van der Waals surface area contributed by atoms with E-state index in [4.69, 9.17) is 20.9 Å². The van der Waals surface area contributed by atoms with Crippen LogP contribution in [0.1, 0.15) is 18.2 Å². The molecule has 0 amide bonds. The number of anilines is 2. The van der Waals surface area contributed by atoms with E-state index in [1.807, 2.05) is 6.92 Å². The van der Waals surface area contributed by atoms with Crippen molar-refractivity contribution in [1.82, 2.24) is 10.1 Å². The molecule has 0 saturated carbocycles. The first-order valence-electron chi connectivity index (χ1n) is 8.04. The van der Waals surface area contributed by atoms with Crippen LogP contribution in [-0.4, -0.2) is 16.9 Å². The van der Waals surface area contributed by atoms with Crippen molar-refractivity contribution in [3.05, 3.63) is 52.9 Å². The van der Waals surface area contributed by atoms with E-state index < -0.39 is 11.7 Å². The van der Waals surface area contributed by atoms with Crippen LogP contribution >= 0.6 is 11.6 Å². The lowest BCUT2D eigenvalue weighted by molar-refractivity contribution is -0.137. The molecule has 0 spiro atoms. The number of aromatic nitrogens is 2. The average molecular weight is 411 g/mol. The maximum atomic E-state index is 12.6. The van der Waals surface area contributed by atoms with E-state index in [1.165, 1.54) is 0 Å². The van der Waals surface area contributed by atoms with E-state index in [2.05, 4.69) is 27.2 Å². The van der Waals surface area contributed by atoms with Crippen LogP contribution in [-0.2, 0) is 12.6 Å². The minimum Gasteiger partial charge on any atom is -0.437 e. The second kappa shape index (κ2) is 7.89. The van der Waals surface area contributed by atoms with Gasteiger partial charge in [-0.15, -0.1) is 0 Å². The molecule has 0 fully saturated rings. The molecule has 0 aliphatic rings. The van der Waals surface area contributed by atoms with Gasteiger partial charge in [0.15, 0.2) is 11.6 Å². The van der Waals surface area contributed by atoms with Crippen molar-refractivity contribution in [1.29, 1.82) is 0 Å². The van der Waals surface area contributed by atoms with E-state index in [-0.39, 0.29) is 16.7 Å². The second-order valence-electron chi connectivity index (χ2n) is 5.57. The minimum atomic E-state index is -4.46. The third-order valence-corrected chi connectivity index (χ3v) is 3.98. The van der Waals surface area contributed by atoms with Crippen molar-refractivity contribution in [2.45, 2.75) is 19.5 Å². The summed E-state index contributed by atoms with van der Waals surface area (Å²) in [6, 6.07) is 6.76. The number of nitrogens with one attached hydrogen (secondary N) is 1. The number of rotatable bonds is 6. The molecule has 0 bridgehead atoms. The molecule has 10 heteroatoms. The summed E-state index contributed by atoms with van der Waals surface area (Å²) in [6.45, 7) is 5.40. The van der Waals surface area contributed by atoms with Crippen molar-refractivity contribution in [2.24, 2.45) is 4.99 Å². The number of aryl methyl sites for hydroxylation is 1. The summed E-state index contributed by atoms with van der Waals surface area (Å²) in [6.07, 6.45) is -3.16. The van der Waals surface area contributed by atoms with Crippen LogP contribution in [0.15, 0.2) is 46.0 Å². The molecule has 146 valence electrons. The Kier molecular flexibility index (Phi) is 5.55. The molecule has 2 aromatic heterocycles. The third-order valence-electron chi connectivity index (χ3n) is 3.69. The lowest BCUT2D eigenvalue weighted by Crippen LogP contribution is -2.05. The smallest absolute Gasteiger partial charge is 0.417 e. The maximum Gasteiger partial charge on any atom is 0.417 e. The summed E-state index contributed by atoms with van der Waals surface area (Å²) >= 11 is 6.20. The molecule has 6 nitrogen and oxygen atoms in total. The summed E-state index contributed by atoms with van der Waals surface area (Å²) in [4.78, 5) is 7.55. The zero-order chi connectivity index (χ0) is 20.3. The highest BCUT2D eigenvalue weighted by Gasteiger charge is 2.30. The maximum absolute atomic E-state index is 12.6. The van der Waals surface area contributed by atoms with Crippen LogP contribution in [0.4, 0.5) is 30.4 Å². The van der Waals surface area contributed by atoms with Crippen LogP contribution in [0.5, 0.6) is 11.6 Å². The zero-order valence-electron chi connectivity index (χ0n) is 14.5. The Hall–Kier alpha value is -3.07. The Bertz CT molecular complexity index is 987. The van der Waals surface area contributed by atoms with Gasteiger partial charge in [-0.05, 0) is 31.0 Å². The molecule has 3 aromatic rings. The summed E-state index contributed by atoms with van der Waals surface area (Å²) in [5, 5.41) is 7.14. The number of aliphatic imine (C=N–C) groups is 1. The number of nitrogens with zero attached hydrogens (tertiary/aromatic N) is 3. The highest BCUT2D eigenvalue weighted by molar-refractivity contribution is 6.32. The molecule has 0 unspecified atom stereocenters. The van der Waals surface area contributed by atoms with E-state index in [0.29, 0.717) is 35.6 Å². The summed E-state index contributed by atoms with van der Waals surface area (Å²) < 4.78 is 48.4. The fourth-order valence-electron chi connectivity index (χ4n) is 2.32. The van der Waals surface area contributed by atoms with Gasteiger partial charge in [0, 0.05) is 24.4 Å². The summed E-state index contributed by atoms with van der Waals surface area (Å²) in [7, 11) is 0. The molecular formula is C18H14ClF3N4O2. The van der Waals surface area contributed by atoms with E-state index in [0.717, 1.165) is 12.1 Å². The summed E-state index contributed by atoms with van der Waals surface area (Å²) in [5.41, 5.74) is 0.225. The van der Waals surface area contributed by atoms with E-state index in [1.54, 1.807) is 18.2 Å². The van der Waals surface area contributed by atoms with Crippen molar-refractivity contribution in [3.63, 3.8) is 0 Å². The molecule has 0 aliphatic carbocycles. The Labute approximate surface area is 163 Å². The molecule has 1 aromatic carbocycles.